The van der Waals surface area contributed by atoms with Gasteiger partial charge in [-0.05, 0) is 34.1 Å². The number of halogens is 1. The molecular formula is C39H45ClN2O2Ti. The fourth-order valence-electron chi connectivity index (χ4n) is 4.64. The molecule has 0 radical (unpaired) electrons. The van der Waals surface area contributed by atoms with Crippen molar-refractivity contribution in [3.05, 3.63) is 160 Å². The van der Waals surface area contributed by atoms with E-state index in [2.05, 4.69) is 41.5 Å². The zero-order chi connectivity index (χ0) is 31.6. The molecule has 4 nitrogen and oxygen atoms in total. The number of aromatic hydroxyl groups is 2. The fourth-order valence-corrected chi connectivity index (χ4v) is 4.64. The zero-order valence-corrected chi connectivity index (χ0v) is 29.4. The molecule has 2 aliphatic rings. The molecule has 2 unspecified atom stereocenters. The summed E-state index contributed by atoms with van der Waals surface area (Å²) in [7, 11) is 0. The Morgan fingerprint density at radius 1 is 0.622 bits per heavy atom. The van der Waals surface area contributed by atoms with Crippen LogP contribution in [0.2, 0.25) is 0 Å². The van der Waals surface area contributed by atoms with Crippen LogP contribution in [0.15, 0.2) is 126 Å². The molecule has 0 amide bonds. The Kier molecular flexibility index (Phi) is 15.9. The van der Waals surface area contributed by atoms with Crippen molar-refractivity contribution in [2.75, 3.05) is 0 Å². The molecule has 0 aliphatic heterocycles. The molecule has 0 spiro atoms. The molecule has 0 bridgehead atoms. The smallest absolute Gasteiger partial charge is 1.00 e. The summed E-state index contributed by atoms with van der Waals surface area (Å²) < 4.78 is 0. The third-order valence-corrected chi connectivity index (χ3v) is 7.08. The number of benzene rings is 2. The SMILES string of the molecule is CC(C)(C)c1cccc(C=C2C=CC=CC2[NH-])c1O.CC(C)(C)c1cccc(C=C2C=CC=CC2[NH-])c1O.[Cl-].[Ti+4].c1cc[cH-]c1. The van der Waals surface area contributed by atoms with Crippen molar-refractivity contribution in [2.45, 2.75) is 64.5 Å². The minimum atomic E-state index is -0.359. The molecule has 0 aromatic heterocycles. The molecular weight excluding hydrogens is 612 g/mol. The van der Waals surface area contributed by atoms with E-state index in [4.69, 9.17) is 11.5 Å². The molecule has 3 aromatic rings. The Bertz CT molecular complexity index is 1410. The molecule has 45 heavy (non-hydrogen) atoms. The Morgan fingerprint density at radius 2 is 1.00 bits per heavy atom. The monoisotopic (exact) mass is 656 g/mol. The standard InChI is InChI=1S/2C17H20NO.C5H5.ClH.Ti/c2*1-17(2,3)14-9-6-8-13(16(14)19)11-12-7-4-5-10-15(12)18;1-2-4-5-3-1;;/h2*4-11,15,18-19H,1-3H3;1-5H;1H;/q3*-1;;+4/p-1. The van der Waals surface area contributed by atoms with E-state index in [-0.39, 0.29) is 57.0 Å². The van der Waals surface area contributed by atoms with E-state index in [0.717, 1.165) is 33.4 Å². The summed E-state index contributed by atoms with van der Waals surface area (Å²) in [5.74, 6) is 0.635. The topological polar surface area (TPSA) is 88.1 Å². The summed E-state index contributed by atoms with van der Waals surface area (Å²) in [6, 6.07) is 20.9. The van der Waals surface area contributed by atoms with E-state index in [9.17, 15) is 10.2 Å². The Hall–Kier alpha value is -3.25. The summed E-state index contributed by atoms with van der Waals surface area (Å²) in [4.78, 5) is 0. The summed E-state index contributed by atoms with van der Waals surface area (Å²) in [6.45, 7) is 12.5. The van der Waals surface area contributed by atoms with Crippen molar-refractivity contribution >= 4 is 12.2 Å². The number of para-hydroxylation sites is 2. The van der Waals surface area contributed by atoms with E-state index in [1.807, 2.05) is 127 Å². The number of nitrogens with one attached hydrogen (secondary N) is 2. The molecule has 0 fully saturated rings. The average molecular weight is 657 g/mol. The van der Waals surface area contributed by atoms with Crippen LogP contribution in [0.5, 0.6) is 11.5 Å². The summed E-state index contributed by atoms with van der Waals surface area (Å²) >= 11 is 0. The second kappa shape index (κ2) is 18.0. The number of phenolic OH excluding ortho intramolecular Hbond substituents is 2. The maximum Gasteiger partial charge on any atom is 4.00 e. The Labute approximate surface area is 291 Å². The number of hydrogen-bond donors (Lipinski definition) is 2. The predicted molar refractivity (Wildman–Crippen MR) is 184 cm³/mol. The maximum atomic E-state index is 10.4. The van der Waals surface area contributed by atoms with Crippen molar-refractivity contribution in [1.82, 2.24) is 0 Å². The van der Waals surface area contributed by atoms with Gasteiger partial charge in [-0.15, -0.1) is 0 Å². The van der Waals surface area contributed by atoms with Crippen LogP contribution in [0.4, 0.5) is 0 Å². The fraction of sp³-hybridized carbons (Fsp3) is 0.256. The molecule has 0 heterocycles. The van der Waals surface area contributed by atoms with Gasteiger partial charge >= 0.3 is 21.7 Å². The summed E-state index contributed by atoms with van der Waals surface area (Å²) in [5.41, 5.74) is 20.9. The summed E-state index contributed by atoms with van der Waals surface area (Å²) in [5, 5.41) is 20.8. The van der Waals surface area contributed by atoms with Crippen molar-refractivity contribution in [1.29, 1.82) is 0 Å². The largest absolute Gasteiger partial charge is 4.00 e. The first-order valence-corrected chi connectivity index (χ1v) is 14.7. The van der Waals surface area contributed by atoms with Gasteiger partial charge in [-0.25, -0.2) is 12.1 Å². The number of rotatable bonds is 2. The number of phenols is 2. The Morgan fingerprint density at radius 3 is 1.29 bits per heavy atom. The van der Waals surface area contributed by atoms with Gasteiger partial charge in [0.25, 0.3) is 0 Å². The van der Waals surface area contributed by atoms with Crippen LogP contribution in [0.3, 0.4) is 0 Å². The van der Waals surface area contributed by atoms with Crippen molar-refractivity contribution in [3.8, 4) is 11.5 Å². The van der Waals surface area contributed by atoms with Crippen molar-refractivity contribution in [3.63, 3.8) is 0 Å². The van der Waals surface area contributed by atoms with Crippen LogP contribution in [0.1, 0.15) is 63.8 Å². The molecule has 4 N–H and O–H groups in total. The summed E-state index contributed by atoms with van der Waals surface area (Å²) in [6.07, 6.45) is 18.9. The average Bonchev–Trinajstić information content (AvgIpc) is 3.53. The van der Waals surface area contributed by atoms with Crippen LogP contribution in [-0.2, 0) is 32.5 Å². The van der Waals surface area contributed by atoms with Crippen molar-refractivity contribution in [2.24, 2.45) is 0 Å². The van der Waals surface area contributed by atoms with Gasteiger partial charge in [0.05, 0.1) is 0 Å². The molecule has 0 saturated carbocycles. The second-order valence-corrected chi connectivity index (χ2v) is 12.7. The third kappa shape index (κ3) is 11.9. The molecule has 6 heteroatoms. The molecule has 2 aliphatic carbocycles. The number of allylic oxidation sites excluding steroid dienone is 4. The first kappa shape index (κ1) is 39.8. The van der Waals surface area contributed by atoms with Gasteiger partial charge in [-0.3, -0.25) is 0 Å². The maximum absolute atomic E-state index is 10.4. The van der Waals surface area contributed by atoms with Crippen LogP contribution < -0.4 is 12.4 Å². The van der Waals surface area contributed by atoms with Gasteiger partial charge in [0.1, 0.15) is 11.5 Å². The Balaban J connectivity index is 0.000000374. The number of hydrogen-bond acceptors (Lipinski definition) is 2. The van der Waals surface area contributed by atoms with E-state index in [1.165, 1.54) is 0 Å². The van der Waals surface area contributed by atoms with Crippen molar-refractivity contribution < 1.29 is 44.3 Å². The van der Waals surface area contributed by atoms with E-state index < -0.39 is 0 Å². The molecule has 2 atom stereocenters. The third-order valence-electron chi connectivity index (χ3n) is 7.08. The molecule has 234 valence electrons. The van der Waals surface area contributed by atoms with Crippen LogP contribution in [-0.4, -0.2) is 22.3 Å². The van der Waals surface area contributed by atoms with Gasteiger partial charge < -0.3 is 34.1 Å². The molecule has 5 rings (SSSR count). The van der Waals surface area contributed by atoms with E-state index >= 15 is 0 Å². The van der Waals surface area contributed by atoms with Crippen LogP contribution in [0.25, 0.3) is 23.6 Å². The van der Waals surface area contributed by atoms with Crippen LogP contribution >= 0.6 is 0 Å². The minimum absolute atomic E-state index is 0. The second-order valence-electron chi connectivity index (χ2n) is 12.7. The van der Waals surface area contributed by atoms with Gasteiger partial charge in [-0.2, -0.15) is 18.2 Å². The normalized spacial score (nSPS) is 18.7. The first-order chi connectivity index (χ1) is 20.3. The predicted octanol–water partition coefficient (Wildman–Crippen LogP) is 7.65. The molecule has 0 saturated heterocycles. The van der Waals surface area contributed by atoms with E-state index in [1.54, 1.807) is 0 Å². The first-order valence-electron chi connectivity index (χ1n) is 14.7. The van der Waals surface area contributed by atoms with Gasteiger partial charge in [0, 0.05) is 11.1 Å². The zero-order valence-electron chi connectivity index (χ0n) is 27.1. The molecule has 3 aromatic carbocycles. The van der Waals surface area contributed by atoms with Gasteiger partial charge in [-0.1, -0.05) is 150 Å². The minimum Gasteiger partial charge on any atom is -1.00 e. The van der Waals surface area contributed by atoms with Gasteiger partial charge in [0.2, 0.25) is 0 Å². The van der Waals surface area contributed by atoms with Gasteiger partial charge in [0.15, 0.2) is 0 Å². The van der Waals surface area contributed by atoms with E-state index in [0.29, 0.717) is 11.5 Å². The van der Waals surface area contributed by atoms with Crippen LogP contribution in [0, 0.1) is 0 Å². The quantitative estimate of drug-likeness (QED) is 0.219.